The molecule has 162 valence electrons. The summed E-state index contributed by atoms with van der Waals surface area (Å²) in [5.74, 6) is 1.15. The number of carbonyl (C=O) groups is 1. The minimum absolute atomic E-state index is 0.0274. The molecule has 1 aromatic carbocycles. The highest BCUT2D eigenvalue weighted by Crippen LogP contribution is 2.40. The van der Waals surface area contributed by atoms with Gasteiger partial charge in [-0.15, -0.1) is 0 Å². The van der Waals surface area contributed by atoms with Crippen molar-refractivity contribution in [3.63, 3.8) is 0 Å². The predicted molar refractivity (Wildman–Crippen MR) is 122 cm³/mol. The summed E-state index contributed by atoms with van der Waals surface area (Å²) in [5.41, 5.74) is 3.82. The van der Waals surface area contributed by atoms with Crippen LogP contribution in [-0.4, -0.2) is 43.2 Å². The molecule has 5 heteroatoms. The number of Topliss-reactive ketones (excluding diaryl/α,β-unsaturated/α-hetero) is 1. The molecule has 0 amide bonds. The molecular weight excluding hydrogens is 376 g/mol. The molecule has 2 N–H and O–H groups in total. The van der Waals surface area contributed by atoms with E-state index in [2.05, 4.69) is 52.2 Å². The number of nitrogens with one attached hydrogen (secondary N) is 2. The SMILES string of the molecule is CC(C)(C)NCCOC1=CC=C2C(=Cc3cc(OCCNC(C)(C)C)ccc32)C1=O. The number of ketones is 1. The normalized spacial score (nSPS) is 15.8. The molecule has 0 fully saturated rings. The van der Waals surface area contributed by atoms with Gasteiger partial charge in [-0.05, 0) is 88.6 Å². The van der Waals surface area contributed by atoms with Gasteiger partial charge in [-0.3, -0.25) is 4.79 Å². The maximum absolute atomic E-state index is 12.9. The lowest BCUT2D eigenvalue weighted by Gasteiger charge is -2.21. The van der Waals surface area contributed by atoms with Gasteiger partial charge in [-0.25, -0.2) is 0 Å². The van der Waals surface area contributed by atoms with E-state index in [4.69, 9.17) is 9.47 Å². The molecular formula is C25H34N2O3. The third-order valence-corrected chi connectivity index (χ3v) is 4.81. The molecule has 0 aliphatic heterocycles. The number of allylic oxidation sites excluding steroid dienone is 4. The highest BCUT2D eigenvalue weighted by Gasteiger charge is 2.29. The monoisotopic (exact) mass is 410 g/mol. The second-order valence-electron chi connectivity index (χ2n) is 9.80. The topological polar surface area (TPSA) is 59.6 Å². The van der Waals surface area contributed by atoms with Gasteiger partial charge in [0.15, 0.2) is 5.76 Å². The van der Waals surface area contributed by atoms with E-state index < -0.39 is 0 Å². The van der Waals surface area contributed by atoms with Crippen LogP contribution < -0.4 is 15.4 Å². The minimum atomic E-state index is -0.0590. The van der Waals surface area contributed by atoms with Crippen molar-refractivity contribution >= 4 is 17.4 Å². The minimum Gasteiger partial charge on any atom is -0.492 e. The number of benzene rings is 1. The first kappa shape index (κ1) is 22.3. The lowest BCUT2D eigenvalue weighted by molar-refractivity contribution is -0.115. The Bertz CT molecular complexity index is 896. The van der Waals surface area contributed by atoms with Crippen LogP contribution in [0, 0.1) is 0 Å². The van der Waals surface area contributed by atoms with E-state index in [1.165, 1.54) is 0 Å². The van der Waals surface area contributed by atoms with Gasteiger partial charge < -0.3 is 20.1 Å². The molecule has 0 saturated carbocycles. The van der Waals surface area contributed by atoms with Crippen LogP contribution in [0.5, 0.6) is 5.75 Å². The van der Waals surface area contributed by atoms with Crippen molar-refractivity contribution in [3.05, 3.63) is 52.8 Å². The molecule has 3 rings (SSSR count). The fourth-order valence-corrected chi connectivity index (χ4v) is 3.40. The Morgan fingerprint density at radius 1 is 0.833 bits per heavy atom. The highest BCUT2D eigenvalue weighted by molar-refractivity contribution is 6.25. The average molecular weight is 411 g/mol. The summed E-state index contributed by atoms with van der Waals surface area (Å²) in [6.07, 6.45) is 5.69. The summed E-state index contributed by atoms with van der Waals surface area (Å²) in [6.45, 7) is 15.2. The van der Waals surface area contributed by atoms with Gasteiger partial charge >= 0.3 is 0 Å². The average Bonchev–Trinajstić information content (AvgIpc) is 3.01. The van der Waals surface area contributed by atoms with E-state index in [0.29, 0.717) is 31.1 Å². The number of carbonyl (C=O) groups excluding carboxylic acids is 1. The van der Waals surface area contributed by atoms with Crippen LogP contribution in [0.1, 0.15) is 52.7 Å². The fourth-order valence-electron chi connectivity index (χ4n) is 3.40. The molecule has 0 unspecified atom stereocenters. The van der Waals surface area contributed by atoms with Crippen molar-refractivity contribution < 1.29 is 14.3 Å². The largest absolute Gasteiger partial charge is 0.492 e. The summed E-state index contributed by atoms with van der Waals surface area (Å²) >= 11 is 0. The zero-order valence-corrected chi connectivity index (χ0v) is 19.0. The van der Waals surface area contributed by atoms with Crippen LogP contribution in [-0.2, 0) is 9.53 Å². The van der Waals surface area contributed by atoms with E-state index in [1.54, 1.807) is 6.08 Å². The molecule has 0 saturated heterocycles. The molecule has 0 aromatic heterocycles. The summed E-state index contributed by atoms with van der Waals surface area (Å²) in [4.78, 5) is 12.9. The van der Waals surface area contributed by atoms with Gasteiger partial charge in [-0.1, -0.05) is 6.07 Å². The Hall–Kier alpha value is -2.37. The number of fused-ring (bicyclic) bond motifs is 3. The van der Waals surface area contributed by atoms with Crippen molar-refractivity contribution in [2.45, 2.75) is 52.6 Å². The van der Waals surface area contributed by atoms with Crippen LogP contribution in [0.2, 0.25) is 0 Å². The molecule has 5 nitrogen and oxygen atoms in total. The van der Waals surface area contributed by atoms with E-state index >= 15 is 0 Å². The van der Waals surface area contributed by atoms with Crippen LogP contribution in [0.25, 0.3) is 11.6 Å². The number of ether oxygens (including phenoxy) is 2. The van der Waals surface area contributed by atoms with Gasteiger partial charge in [0.25, 0.3) is 0 Å². The zero-order valence-electron chi connectivity index (χ0n) is 19.0. The van der Waals surface area contributed by atoms with Gasteiger partial charge in [0.05, 0.1) is 0 Å². The summed E-state index contributed by atoms with van der Waals surface area (Å²) < 4.78 is 11.6. The third kappa shape index (κ3) is 5.83. The van der Waals surface area contributed by atoms with E-state index in [0.717, 1.165) is 29.0 Å². The van der Waals surface area contributed by atoms with Crippen molar-refractivity contribution in [2.24, 2.45) is 0 Å². The molecule has 1 aromatic rings. The van der Waals surface area contributed by atoms with Crippen LogP contribution in [0.4, 0.5) is 0 Å². The Labute approximate surface area is 180 Å². The van der Waals surface area contributed by atoms with E-state index in [-0.39, 0.29) is 16.9 Å². The standard InChI is InChI=1S/C25H34N2O3/c1-24(2,3)26-11-13-29-18-7-8-19-17(15-18)16-21-20(19)9-10-22(23(21)28)30-14-12-27-25(4,5)6/h7-10,15-16,26-27H,11-14H2,1-6H3. The fraction of sp³-hybridized carbons (Fsp3) is 0.480. The van der Waals surface area contributed by atoms with Crippen molar-refractivity contribution in [1.82, 2.24) is 10.6 Å². The van der Waals surface area contributed by atoms with Gasteiger partial charge in [0, 0.05) is 29.7 Å². The van der Waals surface area contributed by atoms with Crippen molar-refractivity contribution in [3.8, 4) is 5.75 Å². The zero-order chi connectivity index (χ0) is 21.9. The predicted octanol–water partition coefficient (Wildman–Crippen LogP) is 4.11. The second-order valence-corrected chi connectivity index (χ2v) is 9.80. The highest BCUT2D eigenvalue weighted by atomic mass is 16.5. The Morgan fingerprint density at radius 3 is 2.10 bits per heavy atom. The van der Waals surface area contributed by atoms with Crippen molar-refractivity contribution in [2.75, 3.05) is 26.3 Å². The summed E-state index contributed by atoms with van der Waals surface area (Å²) in [7, 11) is 0. The van der Waals surface area contributed by atoms with Crippen LogP contribution in [0.3, 0.4) is 0 Å². The van der Waals surface area contributed by atoms with E-state index in [1.807, 2.05) is 30.4 Å². The first-order chi connectivity index (χ1) is 14.0. The Morgan fingerprint density at radius 2 is 1.47 bits per heavy atom. The molecule has 2 aliphatic carbocycles. The van der Waals surface area contributed by atoms with E-state index in [9.17, 15) is 4.79 Å². The lowest BCUT2D eigenvalue weighted by atomic mass is 9.95. The maximum Gasteiger partial charge on any atom is 0.228 e. The quantitative estimate of drug-likeness (QED) is 0.632. The first-order valence-electron chi connectivity index (χ1n) is 10.6. The van der Waals surface area contributed by atoms with Gasteiger partial charge in [0.2, 0.25) is 5.78 Å². The lowest BCUT2D eigenvalue weighted by Crippen LogP contribution is -2.38. The molecule has 0 radical (unpaired) electrons. The second kappa shape index (κ2) is 8.78. The maximum atomic E-state index is 12.9. The molecule has 0 atom stereocenters. The molecule has 2 aliphatic rings. The molecule has 30 heavy (non-hydrogen) atoms. The molecule has 0 heterocycles. The first-order valence-corrected chi connectivity index (χ1v) is 10.6. The number of rotatable bonds is 8. The molecule has 0 bridgehead atoms. The van der Waals surface area contributed by atoms with Crippen molar-refractivity contribution in [1.29, 1.82) is 0 Å². The Balaban J connectivity index is 1.61. The summed E-state index contributed by atoms with van der Waals surface area (Å²) in [5, 5.41) is 6.77. The van der Waals surface area contributed by atoms with Crippen LogP contribution in [0.15, 0.2) is 41.7 Å². The summed E-state index contributed by atoms with van der Waals surface area (Å²) in [6, 6.07) is 5.99. The third-order valence-electron chi connectivity index (χ3n) is 4.81. The Kier molecular flexibility index (Phi) is 6.53. The van der Waals surface area contributed by atoms with Gasteiger partial charge in [-0.2, -0.15) is 0 Å². The number of hydrogen-bond donors (Lipinski definition) is 2. The smallest absolute Gasteiger partial charge is 0.228 e. The number of hydrogen-bond acceptors (Lipinski definition) is 5. The van der Waals surface area contributed by atoms with Gasteiger partial charge in [0.1, 0.15) is 19.0 Å². The van der Waals surface area contributed by atoms with Crippen LogP contribution >= 0.6 is 0 Å². The molecule has 0 spiro atoms.